The van der Waals surface area contributed by atoms with Crippen molar-refractivity contribution in [3.63, 3.8) is 0 Å². The average molecular weight is 266 g/mol. The number of hydrogen-bond acceptors (Lipinski definition) is 2. The van der Waals surface area contributed by atoms with Gasteiger partial charge in [-0.15, -0.1) is 0 Å². The van der Waals surface area contributed by atoms with Gasteiger partial charge in [-0.25, -0.2) is 4.39 Å². The number of rotatable bonds is 6. The van der Waals surface area contributed by atoms with Crippen LogP contribution in [0.5, 0.6) is 0 Å². The molecule has 19 heavy (non-hydrogen) atoms. The highest BCUT2D eigenvalue weighted by atomic mass is 19.1. The lowest BCUT2D eigenvalue weighted by atomic mass is 9.87. The number of hydrogen-bond donors (Lipinski definition) is 2. The Morgan fingerprint density at radius 3 is 2.74 bits per heavy atom. The van der Waals surface area contributed by atoms with E-state index in [1.54, 1.807) is 12.1 Å². The van der Waals surface area contributed by atoms with Crippen molar-refractivity contribution >= 4 is 5.91 Å². The van der Waals surface area contributed by atoms with E-state index in [1.165, 1.54) is 6.07 Å². The van der Waals surface area contributed by atoms with Crippen LogP contribution in [0.4, 0.5) is 4.39 Å². The summed E-state index contributed by atoms with van der Waals surface area (Å²) >= 11 is 0. The first-order chi connectivity index (χ1) is 8.85. The van der Waals surface area contributed by atoms with Crippen LogP contribution in [-0.4, -0.2) is 19.0 Å². The van der Waals surface area contributed by atoms with E-state index in [2.05, 4.69) is 19.2 Å². The fraction of sp³-hybridized carbons (Fsp3) is 0.533. The Kier molecular flexibility index (Phi) is 5.48. The third-order valence-electron chi connectivity index (χ3n) is 3.15. The number of benzene rings is 1. The predicted octanol–water partition coefficient (Wildman–Crippen LogP) is 2.63. The molecular formula is C15H23FN2O. The van der Waals surface area contributed by atoms with Gasteiger partial charge >= 0.3 is 0 Å². The summed E-state index contributed by atoms with van der Waals surface area (Å²) in [6.45, 7) is 7.12. The Balaban J connectivity index is 2.62. The Hall–Kier alpha value is -1.42. The van der Waals surface area contributed by atoms with Crippen molar-refractivity contribution < 1.29 is 9.18 Å². The second kappa shape index (κ2) is 6.66. The molecule has 0 saturated heterocycles. The van der Waals surface area contributed by atoms with E-state index in [-0.39, 0.29) is 16.9 Å². The number of nitrogens with one attached hydrogen (secondary N) is 1. The molecule has 3 nitrogen and oxygen atoms in total. The molecule has 1 aromatic rings. The summed E-state index contributed by atoms with van der Waals surface area (Å²) in [7, 11) is 0. The van der Waals surface area contributed by atoms with Crippen LogP contribution in [0.1, 0.15) is 42.6 Å². The predicted molar refractivity (Wildman–Crippen MR) is 75.5 cm³/mol. The van der Waals surface area contributed by atoms with Crippen molar-refractivity contribution in [1.29, 1.82) is 0 Å². The fourth-order valence-electron chi connectivity index (χ4n) is 1.90. The molecule has 0 fully saturated rings. The van der Waals surface area contributed by atoms with Gasteiger partial charge in [-0.3, -0.25) is 4.79 Å². The van der Waals surface area contributed by atoms with Crippen molar-refractivity contribution in [3.8, 4) is 0 Å². The van der Waals surface area contributed by atoms with Gasteiger partial charge in [0.1, 0.15) is 5.82 Å². The summed E-state index contributed by atoms with van der Waals surface area (Å²) in [6.07, 6.45) is 1.85. The van der Waals surface area contributed by atoms with Crippen molar-refractivity contribution in [2.45, 2.75) is 33.6 Å². The highest BCUT2D eigenvalue weighted by Crippen LogP contribution is 2.21. The van der Waals surface area contributed by atoms with Gasteiger partial charge in [-0.05, 0) is 43.9 Å². The van der Waals surface area contributed by atoms with Crippen LogP contribution in [0.15, 0.2) is 18.2 Å². The summed E-state index contributed by atoms with van der Waals surface area (Å²) in [5.74, 6) is -0.843. The summed E-state index contributed by atoms with van der Waals surface area (Å²) in [6, 6.07) is 4.54. The molecule has 0 heterocycles. The van der Waals surface area contributed by atoms with Crippen molar-refractivity contribution in [1.82, 2.24) is 5.32 Å². The molecule has 0 aliphatic rings. The number of halogens is 1. The summed E-state index contributed by atoms with van der Waals surface area (Å²) < 4.78 is 13.6. The molecule has 0 saturated carbocycles. The molecule has 1 amide bonds. The highest BCUT2D eigenvalue weighted by molar-refractivity contribution is 5.94. The Morgan fingerprint density at radius 2 is 2.11 bits per heavy atom. The first-order valence-electron chi connectivity index (χ1n) is 6.60. The molecule has 0 radical (unpaired) electrons. The maximum absolute atomic E-state index is 13.6. The molecule has 1 aromatic carbocycles. The molecule has 0 atom stereocenters. The Bertz CT molecular complexity index is 444. The number of amides is 1. The molecule has 0 aliphatic heterocycles. The lowest BCUT2D eigenvalue weighted by Crippen LogP contribution is -2.34. The molecule has 0 unspecified atom stereocenters. The first-order valence-corrected chi connectivity index (χ1v) is 6.60. The van der Waals surface area contributed by atoms with E-state index >= 15 is 0 Å². The second-order valence-corrected chi connectivity index (χ2v) is 5.72. The number of carbonyl (C=O) groups is 1. The lowest BCUT2D eigenvalue weighted by molar-refractivity contribution is 0.0930. The van der Waals surface area contributed by atoms with Gasteiger partial charge < -0.3 is 11.1 Å². The van der Waals surface area contributed by atoms with E-state index in [9.17, 15) is 9.18 Å². The molecule has 0 aliphatic carbocycles. The van der Waals surface area contributed by atoms with Gasteiger partial charge in [0.25, 0.3) is 5.91 Å². The molecule has 106 valence electrons. The van der Waals surface area contributed by atoms with Crippen molar-refractivity contribution in [2.24, 2.45) is 11.1 Å². The lowest BCUT2D eigenvalue weighted by Gasteiger charge is -2.24. The van der Waals surface area contributed by atoms with Crippen molar-refractivity contribution in [2.75, 3.05) is 13.1 Å². The maximum Gasteiger partial charge on any atom is 0.254 e. The third-order valence-corrected chi connectivity index (χ3v) is 3.15. The zero-order chi connectivity index (χ0) is 14.5. The topological polar surface area (TPSA) is 55.1 Å². The molecule has 4 heteroatoms. The van der Waals surface area contributed by atoms with Crippen LogP contribution in [0, 0.1) is 18.2 Å². The SMILES string of the molecule is Cc1ccc(F)c(C(=O)NCC(C)(C)CCCN)c1. The molecule has 0 aromatic heterocycles. The summed E-state index contributed by atoms with van der Waals surface area (Å²) in [4.78, 5) is 12.0. The van der Waals surface area contributed by atoms with E-state index in [0.717, 1.165) is 18.4 Å². The first kappa shape index (κ1) is 15.6. The summed E-state index contributed by atoms with van der Waals surface area (Å²) in [5.41, 5.74) is 6.43. The van der Waals surface area contributed by atoms with Crippen LogP contribution >= 0.6 is 0 Å². The second-order valence-electron chi connectivity index (χ2n) is 5.72. The van der Waals surface area contributed by atoms with Crippen LogP contribution in [0.25, 0.3) is 0 Å². The Labute approximate surface area is 114 Å². The van der Waals surface area contributed by atoms with Gasteiger partial charge in [0.2, 0.25) is 0 Å². The maximum atomic E-state index is 13.6. The number of aryl methyl sites for hydroxylation is 1. The quantitative estimate of drug-likeness (QED) is 0.831. The molecule has 3 N–H and O–H groups in total. The number of carbonyl (C=O) groups excluding carboxylic acids is 1. The van der Waals surface area contributed by atoms with Gasteiger partial charge in [0.05, 0.1) is 5.56 Å². The van der Waals surface area contributed by atoms with Crippen LogP contribution < -0.4 is 11.1 Å². The monoisotopic (exact) mass is 266 g/mol. The minimum absolute atomic E-state index is 0.0324. The van der Waals surface area contributed by atoms with Crippen molar-refractivity contribution in [3.05, 3.63) is 35.1 Å². The minimum Gasteiger partial charge on any atom is -0.351 e. The van der Waals surface area contributed by atoms with Gasteiger partial charge in [-0.2, -0.15) is 0 Å². The minimum atomic E-state index is -0.483. The van der Waals surface area contributed by atoms with E-state index < -0.39 is 5.82 Å². The van der Waals surface area contributed by atoms with Crippen LogP contribution in [-0.2, 0) is 0 Å². The fourth-order valence-corrected chi connectivity index (χ4v) is 1.90. The normalized spacial score (nSPS) is 11.4. The largest absolute Gasteiger partial charge is 0.351 e. The van der Waals surface area contributed by atoms with Gasteiger partial charge in [0.15, 0.2) is 0 Å². The van der Waals surface area contributed by atoms with E-state index in [0.29, 0.717) is 13.1 Å². The van der Waals surface area contributed by atoms with Crippen LogP contribution in [0.2, 0.25) is 0 Å². The van der Waals surface area contributed by atoms with Crippen LogP contribution in [0.3, 0.4) is 0 Å². The Morgan fingerprint density at radius 1 is 1.42 bits per heavy atom. The van der Waals surface area contributed by atoms with E-state index in [4.69, 9.17) is 5.73 Å². The van der Waals surface area contributed by atoms with Gasteiger partial charge in [-0.1, -0.05) is 25.5 Å². The highest BCUT2D eigenvalue weighted by Gasteiger charge is 2.19. The molecule has 0 bridgehead atoms. The zero-order valence-electron chi connectivity index (χ0n) is 11.9. The summed E-state index contributed by atoms with van der Waals surface area (Å²) in [5, 5.41) is 2.80. The number of nitrogens with two attached hydrogens (primary N) is 1. The molecular weight excluding hydrogens is 243 g/mol. The molecule has 0 spiro atoms. The average Bonchev–Trinajstić information content (AvgIpc) is 2.36. The van der Waals surface area contributed by atoms with Gasteiger partial charge in [0, 0.05) is 6.54 Å². The van der Waals surface area contributed by atoms with E-state index in [1.807, 2.05) is 6.92 Å². The smallest absolute Gasteiger partial charge is 0.254 e. The third kappa shape index (κ3) is 4.99. The zero-order valence-corrected chi connectivity index (χ0v) is 11.9. The standard InChI is InChI=1S/C15H23FN2O/c1-11-5-6-13(16)12(9-11)14(19)18-10-15(2,3)7-4-8-17/h5-6,9H,4,7-8,10,17H2,1-3H3,(H,18,19). The molecule has 1 rings (SSSR count).